The number of amides is 1. The van der Waals surface area contributed by atoms with Crippen LogP contribution in [-0.4, -0.2) is 50.4 Å². The van der Waals surface area contributed by atoms with E-state index < -0.39 is 36.7 Å². The van der Waals surface area contributed by atoms with E-state index in [0.717, 1.165) is 44.7 Å². The van der Waals surface area contributed by atoms with Gasteiger partial charge in [-0.3, -0.25) is 9.36 Å². The number of anilines is 1. The highest BCUT2D eigenvalue weighted by Crippen LogP contribution is 2.41. The first-order valence-corrected chi connectivity index (χ1v) is 10.1. The lowest BCUT2D eigenvalue weighted by atomic mass is 10.1. The molecule has 10 heteroatoms. The number of nitrogens with zero attached hydrogens (tertiary/aromatic N) is 2. The molecule has 3 atom stereocenters. The Kier molecular flexibility index (Phi) is 9.07. The van der Waals surface area contributed by atoms with Crippen molar-refractivity contribution in [3.63, 3.8) is 0 Å². The Morgan fingerprint density at radius 1 is 1.30 bits per heavy atom. The maximum Gasteiger partial charge on any atom is 0.351 e. The number of halogens is 2. The fraction of sp³-hybridized carbons (Fsp3) is 0.650. The molecule has 0 radical (unpaired) electrons. The molecule has 168 valence electrons. The molecule has 1 fully saturated rings. The van der Waals surface area contributed by atoms with Crippen molar-refractivity contribution >= 4 is 11.7 Å². The number of carbonyl (C=O) groups excluding carboxylic acids is 1. The maximum absolute atomic E-state index is 14.2. The van der Waals surface area contributed by atoms with Crippen LogP contribution >= 0.6 is 0 Å². The average Bonchev–Trinajstić information content (AvgIpc) is 2.93. The van der Waals surface area contributed by atoms with Gasteiger partial charge in [-0.25, -0.2) is 4.79 Å². The SMILES string of the molecule is C=CCCCCCCCCC(=O)Nc1ccn([C@@H]2O[C@H](CO)[C@@H](O)C2(F)F)c(=O)n1. The highest BCUT2D eigenvalue weighted by Gasteiger charge is 2.59. The molecule has 1 saturated heterocycles. The lowest BCUT2D eigenvalue weighted by Gasteiger charge is -2.21. The van der Waals surface area contributed by atoms with Crippen LogP contribution in [0.25, 0.3) is 0 Å². The van der Waals surface area contributed by atoms with Gasteiger partial charge >= 0.3 is 11.6 Å². The predicted molar refractivity (Wildman–Crippen MR) is 106 cm³/mol. The summed E-state index contributed by atoms with van der Waals surface area (Å²) in [5.41, 5.74) is -1.07. The number of nitrogens with one attached hydrogen (secondary N) is 1. The Morgan fingerprint density at radius 3 is 2.57 bits per heavy atom. The van der Waals surface area contributed by atoms with Gasteiger partial charge in [0.05, 0.1) is 6.61 Å². The number of hydrogen-bond donors (Lipinski definition) is 3. The number of allylic oxidation sites excluding steroid dienone is 1. The molecule has 1 aromatic rings. The van der Waals surface area contributed by atoms with Crippen molar-refractivity contribution in [1.29, 1.82) is 0 Å². The molecule has 30 heavy (non-hydrogen) atoms. The number of carbonyl (C=O) groups is 1. The van der Waals surface area contributed by atoms with Gasteiger partial charge in [-0.2, -0.15) is 13.8 Å². The smallest absolute Gasteiger partial charge is 0.351 e. The van der Waals surface area contributed by atoms with E-state index in [4.69, 9.17) is 9.84 Å². The third-order valence-electron chi connectivity index (χ3n) is 4.97. The molecule has 0 aromatic carbocycles. The van der Waals surface area contributed by atoms with Crippen LogP contribution in [0.4, 0.5) is 14.6 Å². The summed E-state index contributed by atoms with van der Waals surface area (Å²) in [5.74, 6) is -4.15. The molecule has 0 bridgehead atoms. The average molecular weight is 429 g/mol. The first kappa shape index (κ1) is 24.1. The van der Waals surface area contributed by atoms with E-state index in [-0.39, 0.29) is 18.1 Å². The summed E-state index contributed by atoms with van der Waals surface area (Å²) in [6, 6.07) is 1.21. The van der Waals surface area contributed by atoms with E-state index in [2.05, 4.69) is 16.9 Å². The molecule has 0 aliphatic carbocycles. The van der Waals surface area contributed by atoms with Crippen molar-refractivity contribution in [2.24, 2.45) is 0 Å². The van der Waals surface area contributed by atoms with Gasteiger partial charge < -0.3 is 20.3 Å². The molecule has 2 heterocycles. The van der Waals surface area contributed by atoms with Crippen molar-refractivity contribution in [2.45, 2.75) is 75.7 Å². The fourth-order valence-electron chi connectivity index (χ4n) is 3.27. The number of hydrogen-bond acceptors (Lipinski definition) is 6. The third-order valence-corrected chi connectivity index (χ3v) is 4.97. The van der Waals surface area contributed by atoms with Crippen molar-refractivity contribution in [1.82, 2.24) is 9.55 Å². The topological polar surface area (TPSA) is 114 Å². The molecule has 0 spiro atoms. The molecule has 8 nitrogen and oxygen atoms in total. The van der Waals surface area contributed by atoms with Crippen molar-refractivity contribution in [2.75, 3.05) is 11.9 Å². The molecule has 1 aromatic heterocycles. The van der Waals surface area contributed by atoms with Gasteiger partial charge in [-0.05, 0) is 25.3 Å². The number of aromatic nitrogens is 2. The Balaban J connectivity index is 1.83. The van der Waals surface area contributed by atoms with Crippen LogP contribution in [0, 0.1) is 0 Å². The summed E-state index contributed by atoms with van der Waals surface area (Å²) in [5, 5.41) is 21.1. The highest BCUT2D eigenvalue weighted by molar-refractivity contribution is 5.89. The summed E-state index contributed by atoms with van der Waals surface area (Å²) < 4.78 is 33.8. The van der Waals surface area contributed by atoms with E-state index in [0.29, 0.717) is 11.0 Å². The van der Waals surface area contributed by atoms with Crippen molar-refractivity contribution < 1.29 is 28.5 Å². The summed E-state index contributed by atoms with van der Waals surface area (Å²) >= 11 is 0. The molecule has 0 unspecified atom stereocenters. The second-order valence-electron chi connectivity index (χ2n) is 7.33. The summed E-state index contributed by atoms with van der Waals surface area (Å²) in [4.78, 5) is 27.7. The Morgan fingerprint density at radius 2 is 1.97 bits per heavy atom. The number of aliphatic hydroxyl groups excluding tert-OH is 2. The number of ether oxygens (including phenoxy) is 1. The van der Waals surface area contributed by atoms with Gasteiger partial charge in [0.25, 0.3) is 0 Å². The zero-order chi connectivity index (χ0) is 22.1. The lowest BCUT2D eigenvalue weighted by molar-refractivity contribution is -0.141. The number of rotatable bonds is 12. The van der Waals surface area contributed by atoms with Gasteiger partial charge in [-0.1, -0.05) is 31.8 Å². The minimum Gasteiger partial charge on any atom is -0.394 e. The van der Waals surface area contributed by atoms with E-state index in [1.807, 2.05) is 6.08 Å². The normalized spacial score (nSPS) is 22.7. The van der Waals surface area contributed by atoms with Gasteiger partial charge in [0.15, 0.2) is 6.10 Å². The summed E-state index contributed by atoms with van der Waals surface area (Å²) in [6.07, 6.45) is 4.36. The minimum absolute atomic E-state index is 0.0498. The zero-order valence-electron chi connectivity index (χ0n) is 16.8. The molecule has 2 rings (SSSR count). The molecular formula is C20H29F2N3O5. The van der Waals surface area contributed by atoms with Crippen LogP contribution in [0.1, 0.15) is 57.6 Å². The first-order valence-electron chi connectivity index (χ1n) is 10.1. The monoisotopic (exact) mass is 429 g/mol. The molecule has 1 aliphatic rings. The third kappa shape index (κ3) is 6.16. The zero-order valence-corrected chi connectivity index (χ0v) is 16.8. The largest absolute Gasteiger partial charge is 0.394 e. The quantitative estimate of drug-likeness (QED) is 0.347. The number of alkyl halides is 2. The van der Waals surface area contributed by atoms with Crippen LogP contribution in [0.5, 0.6) is 0 Å². The molecule has 1 amide bonds. The molecular weight excluding hydrogens is 400 g/mol. The highest BCUT2D eigenvalue weighted by atomic mass is 19.3. The molecule has 0 saturated carbocycles. The van der Waals surface area contributed by atoms with Crippen LogP contribution in [0.2, 0.25) is 0 Å². The van der Waals surface area contributed by atoms with Gasteiger partial charge in [0.1, 0.15) is 11.9 Å². The number of unbranched alkanes of at least 4 members (excludes halogenated alkanes) is 6. The molecule has 3 N–H and O–H groups in total. The van der Waals surface area contributed by atoms with E-state index in [9.17, 15) is 23.5 Å². The number of aliphatic hydroxyl groups is 2. The van der Waals surface area contributed by atoms with Crippen molar-refractivity contribution in [3.05, 3.63) is 35.4 Å². The molecule has 1 aliphatic heterocycles. The Labute approximate surface area is 173 Å². The van der Waals surface area contributed by atoms with Crippen molar-refractivity contribution in [3.8, 4) is 0 Å². The van der Waals surface area contributed by atoms with Crippen LogP contribution < -0.4 is 11.0 Å². The maximum atomic E-state index is 14.2. The van der Waals surface area contributed by atoms with E-state index in [1.54, 1.807) is 0 Å². The summed E-state index contributed by atoms with van der Waals surface area (Å²) in [6.45, 7) is 2.86. The Hall–Kier alpha value is -2.17. The first-order chi connectivity index (χ1) is 14.3. The standard InChI is InChI=1S/C20H29F2N3O5/c1-2-3-4-5-6-7-8-9-10-16(27)23-15-11-12-25(19(29)24-15)18-20(21,22)17(28)14(13-26)30-18/h2,11-12,14,17-18,26,28H,1,3-10,13H2,(H,23,24,27,29)/t14-,17-,18-/m1/s1. The van der Waals surface area contributed by atoms with Crippen LogP contribution in [-0.2, 0) is 9.53 Å². The lowest BCUT2D eigenvalue weighted by Crippen LogP contribution is -2.41. The van der Waals surface area contributed by atoms with Gasteiger partial charge in [-0.15, -0.1) is 6.58 Å². The van der Waals surface area contributed by atoms with Crippen LogP contribution in [0.3, 0.4) is 0 Å². The predicted octanol–water partition coefficient (Wildman–Crippen LogP) is 2.37. The second-order valence-corrected chi connectivity index (χ2v) is 7.33. The van der Waals surface area contributed by atoms with Gasteiger partial charge in [0, 0.05) is 12.6 Å². The van der Waals surface area contributed by atoms with Crippen LogP contribution in [0.15, 0.2) is 29.7 Å². The van der Waals surface area contributed by atoms with Gasteiger partial charge in [0.2, 0.25) is 12.1 Å². The van der Waals surface area contributed by atoms with E-state index in [1.165, 1.54) is 6.07 Å². The van der Waals surface area contributed by atoms with E-state index >= 15 is 0 Å². The summed E-state index contributed by atoms with van der Waals surface area (Å²) in [7, 11) is 0. The minimum atomic E-state index is -3.78. The Bertz CT molecular complexity index is 771. The second kappa shape index (κ2) is 11.3. The fourth-order valence-corrected chi connectivity index (χ4v) is 3.27.